The van der Waals surface area contributed by atoms with Gasteiger partial charge in [-0.2, -0.15) is 0 Å². The fraction of sp³-hybridized carbons (Fsp3) is 0.857. The van der Waals surface area contributed by atoms with Gasteiger partial charge in [0.25, 0.3) is 0 Å². The number of aliphatic carboxylic acids is 1. The number of nitrogens with zero attached hydrogens (tertiary/aromatic N) is 2. The molecule has 0 radical (unpaired) electrons. The molecule has 1 saturated heterocycles. The Bertz CT molecular complexity index is 348. The predicted octanol–water partition coefficient (Wildman–Crippen LogP) is 1.53. The molecule has 1 rings (SSSR count). The summed E-state index contributed by atoms with van der Waals surface area (Å²) in [6.45, 7) is 5.04. The third-order valence-electron chi connectivity index (χ3n) is 4.12. The normalized spacial score (nSPS) is 22.1. The van der Waals surface area contributed by atoms with Crippen LogP contribution in [0.4, 0.5) is 4.79 Å². The second-order valence-electron chi connectivity index (χ2n) is 5.29. The molecule has 2 amide bonds. The zero-order chi connectivity index (χ0) is 15.2. The van der Waals surface area contributed by atoms with Gasteiger partial charge >= 0.3 is 12.0 Å². The van der Waals surface area contributed by atoms with E-state index >= 15 is 0 Å². The maximum atomic E-state index is 12.6. The summed E-state index contributed by atoms with van der Waals surface area (Å²) >= 11 is 0. The van der Waals surface area contributed by atoms with E-state index in [-0.39, 0.29) is 19.2 Å². The second-order valence-corrected chi connectivity index (χ2v) is 5.29. The minimum absolute atomic E-state index is 0.102. The zero-order valence-electron chi connectivity index (χ0n) is 12.5. The van der Waals surface area contributed by atoms with Crippen LogP contribution in [-0.2, 0) is 4.79 Å². The lowest BCUT2D eigenvalue weighted by Gasteiger charge is -2.37. The summed E-state index contributed by atoms with van der Waals surface area (Å²) in [7, 11) is 0. The van der Waals surface area contributed by atoms with Crippen LogP contribution in [0, 0.1) is 0 Å². The van der Waals surface area contributed by atoms with Gasteiger partial charge < -0.3 is 20.0 Å². The highest BCUT2D eigenvalue weighted by Crippen LogP contribution is 2.33. The van der Waals surface area contributed by atoms with Gasteiger partial charge in [-0.25, -0.2) is 9.59 Å². The number of rotatable bonds is 7. The van der Waals surface area contributed by atoms with E-state index in [1.807, 2.05) is 13.8 Å². The molecule has 1 atom stereocenters. The van der Waals surface area contributed by atoms with E-state index in [4.69, 9.17) is 5.11 Å². The van der Waals surface area contributed by atoms with Crippen molar-refractivity contribution in [1.82, 2.24) is 9.80 Å². The van der Waals surface area contributed by atoms with Gasteiger partial charge in [0, 0.05) is 19.6 Å². The van der Waals surface area contributed by atoms with E-state index in [1.165, 1.54) is 4.90 Å². The summed E-state index contributed by atoms with van der Waals surface area (Å²) in [4.78, 5) is 27.3. The minimum atomic E-state index is -1.07. The number of aliphatic hydroxyl groups excluding tert-OH is 1. The third-order valence-corrected chi connectivity index (χ3v) is 4.12. The Labute approximate surface area is 120 Å². The lowest BCUT2D eigenvalue weighted by molar-refractivity contribution is -0.148. The van der Waals surface area contributed by atoms with Gasteiger partial charge in [0.05, 0.1) is 6.61 Å². The second kappa shape index (κ2) is 7.47. The fourth-order valence-electron chi connectivity index (χ4n) is 2.84. The van der Waals surface area contributed by atoms with E-state index < -0.39 is 11.5 Å². The van der Waals surface area contributed by atoms with Crippen molar-refractivity contribution in [2.24, 2.45) is 0 Å². The van der Waals surface area contributed by atoms with Crippen molar-refractivity contribution in [2.45, 2.75) is 51.5 Å². The predicted molar refractivity (Wildman–Crippen MR) is 75.6 cm³/mol. The number of hydrogen-bond acceptors (Lipinski definition) is 3. The van der Waals surface area contributed by atoms with Crippen LogP contribution in [0.3, 0.4) is 0 Å². The molecule has 0 saturated carbocycles. The van der Waals surface area contributed by atoms with Crippen LogP contribution in [0.5, 0.6) is 0 Å². The maximum Gasteiger partial charge on any atom is 0.329 e. The maximum absolute atomic E-state index is 12.6. The molecule has 6 heteroatoms. The van der Waals surface area contributed by atoms with Crippen molar-refractivity contribution in [3.05, 3.63) is 0 Å². The van der Waals surface area contributed by atoms with Crippen molar-refractivity contribution in [2.75, 3.05) is 26.2 Å². The van der Waals surface area contributed by atoms with Gasteiger partial charge in [-0.1, -0.05) is 20.3 Å². The van der Waals surface area contributed by atoms with Gasteiger partial charge in [0.15, 0.2) is 0 Å². The summed E-state index contributed by atoms with van der Waals surface area (Å²) in [6.07, 6.45) is 3.44. The Morgan fingerprint density at radius 2 is 2.00 bits per heavy atom. The summed E-state index contributed by atoms with van der Waals surface area (Å²) in [6, 6.07) is -0.255. The molecule has 116 valence electrons. The molecule has 1 aliphatic heterocycles. The summed E-state index contributed by atoms with van der Waals surface area (Å²) in [5.41, 5.74) is -1.07. The fourth-order valence-corrected chi connectivity index (χ4v) is 2.84. The summed E-state index contributed by atoms with van der Waals surface area (Å²) < 4.78 is 0. The standard InChI is InChI=1S/C14H26N2O4/c1-3-5-8-15(10-11-17)13(20)16-9-6-7-14(16,4-2)12(18)19/h17H,3-11H2,1-2H3,(H,18,19). The molecule has 20 heavy (non-hydrogen) atoms. The number of aliphatic hydroxyl groups is 1. The van der Waals surface area contributed by atoms with Crippen LogP contribution in [-0.4, -0.2) is 63.8 Å². The van der Waals surface area contributed by atoms with Crippen molar-refractivity contribution < 1.29 is 19.8 Å². The molecule has 1 fully saturated rings. The van der Waals surface area contributed by atoms with Crippen LogP contribution in [0.2, 0.25) is 0 Å². The molecule has 1 unspecified atom stereocenters. The molecular weight excluding hydrogens is 260 g/mol. The highest BCUT2D eigenvalue weighted by molar-refractivity contribution is 5.87. The zero-order valence-corrected chi connectivity index (χ0v) is 12.5. The first kappa shape index (κ1) is 16.8. The molecule has 0 spiro atoms. The van der Waals surface area contributed by atoms with E-state index in [1.54, 1.807) is 4.90 Å². The molecule has 1 aliphatic rings. The molecule has 1 heterocycles. The van der Waals surface area contributed by atoms with Crippen LogP contribution >= 0.6 is 0 Å². The van der Waals surface area contributed by atoms with Crippen LogP contribution in [0.25, 0.3) is 0 Å². The summed E-state index contributed by atoms with van der Waals surface area (Å²) in [5.74, 6) is -0.926. The number of unbranched alkanes of at least 4 members (excludes halogenated alkanes) is 1. The third kappa shape index (κ3) is 3.23. The van der Waals surface area contributed by atoms with Gasteiger partial charge in [-0.15, -0.1) is 0 Å². The van der Waals surface area contributed by atoms with Gasteiger partial charge in [0.2, 0.25) is 0 Å². The molecular formula is C14H26N2O4. The molecule has 0 aliphatic carbocycles. The van der Waals surface area contributed by atoms with Crippen molar-refractivity contribution in [3.8, 4) is 0 Å². The van der Waals surface area contributed by atoms with Crippen molar-refractivity contribution in [3.63, 3.8) is 0 Å². The summed E-state index contributed by atoms with van der Waals surface area (Å²) in [5, 5.41) is 18.6. The first-order chi connectivity index (χ1) is 9.53. The number of carbonyl (C=O) groups excluding carboxylic acids is 1. The van der Waals surface area contributed by atoms with Crippen molar-refractivity contribution in [1.29, 1.82) is 0 Å². The Hall–Kier alpha value is -1.30. The van der Waals surface area contributed by atoms with Gasteiger partial charge in [-0.3, -0.25) is 0 Å². The Balaban J connectivity index is 2.88. The minimum Gasteiger partial charge on any atom is -0.479 e. The number of hydrogen-bond donors (Lipinski definition) is 2. The number of carboxylic acids is 1. The Kier molecular flexibility index (Phi) is 6.26. The Morgan fingerprint density at radius 3 is 2.50 bits per heavy atom. The van der Waals surface area contributed by atoms with Crippen LogP contribution in [0.1, 0.15) is 46.0 Å². The molecule has 0 aromatic heterocycles. The molecule has 6 nitrogen and oxygen atoms in total. The molecule has 0 aromatic carbocycles. The van der Waals surface area contributed by atoms with E-state index in [0.29, 0.717) is 32.4 Å². The number of urea groups is 1. The Morgan fingerprint density at radius 1 is 1.30 bits per heavy atom. The average Bonchev–Trinajstić information content (AvgIpc) is 2.87. The van der Waals surface area contributed by atoms with E-state index in [2.05, 4.69) is 0 Å². The topological polar surface area (TPSA) is 81.1 Å². The molecule has 2 N–H and O–H groups in total. The quantitative estimate of drug-likeness (QED) is 0.743. The highest BCUT2D eigenvalue weighted by atomic mass is 16.4. The first-order valence-electron chi connectivity index (χ1n) is 7.44. The lowest BCUT2D eigenvalue weighted by Crippen LogP contribution is -2.57. The molecule has 0 aromatic rings. The van der Waals surface area contributed by atoms with Gasteiger partial charge in [-0.05, 0) is 25.7 Å². The number of carbonyl (C=O) groups is 2. The van der Waals surface area contributed by atoms with Crippen LogP contribution in [0.15, 0.2) is 0 Å². The van der Waals surface area contributed by atoms with Crippen molar-refractivity contribution >= 4 is 12.0 Å². The molecule has 0 bridgehead atoms. The van der Waals surface area contributed by atoms with E-state index in [0.717, 1.165) is 12.8 Å². The van der Waals surface area contributed by atoms with Crippen LogP contribution < -0.4 is 0 Å². The number of likely N-dealkylation sites (tertiary alicyclic amines) is 1. The van der Waals surface area contributed by atoms with Gasteiger partial charge in [0.1, 0.15) is 5.54 Å². The largest absolute Gasteiger partial charge is 0.479 e. The number of carboxylic acid groups (broad SMARTS) is 1. The SMILES string of the molecule is CCCCN(CCO)C(=O)N1CCCC1(CC)C(=O)O. The number of amides is 2. The smallest absolute Gasteiger partial charge is 0.329 e. The van der Waals surface area contributed by atoms with E-state index in [9.17, 15) is 14.7 Å². The average molecular weight is 286 g/mol. The first-order valence-corrected chi connectivity index (χ1v) is 7.44. The lowest BCUT2D eigenvalue weighted by atomic mass is 9.93. The highest BCUT2D eigenvalue weighted by Gasteiger charge is 2.49. The monoisotopic (exact) mass is 286 g/mol.